The zero-order chi connectivity index (χ0) is 7.11. The monoisotopic (exact) mass is 127 g/mol. The van der Waals surface area contributed by atoms with Gasteiger partial charge in [0.25, 0.3) is 0 Å². The summed E-state index contributed by atoms with van der Waals surface area (Å²) in [6.45, 7) is 3.90. The maximum Gasteiger partial charge on any atom is 0.0438 e. The van der Waals surface area contributed by atoms with Crippen LogP contribution in [0.5, 0.6) is 0 Å². The maximum absolute atomic E-state index is 4.00. The Hall–Kier alpha value is -0.830. The van der Waals surface area contributed by atoms with Crippen LogP contribution in [0.1, 0.15) is 13.8 Å². The second-order valence-electron chi connectivity index (χ2n) is 1.79. The summed E-state index contributed by atoms with van der Waals surface area (Å²) in [5.74, 6) is 0. The van der Waals surface area contributed by atoms with Gasteiger partial charge in [-0.1, -0.05) is 0 Å². The van der Waals surface area contributed by atoms with E-state index in [0.717, 1.165) is 5.71 Å². The second kappa shape index (κ2) is 5.31. The molecule has 0 radical (unpaired) electrons. The molecular weight excluding hydrogens is 114 g/mol. The third-order valence-corrected chi connectivity index (χ3v) is 0.635. The second-order valence-corrected chi connectivity index (χ2v) is 1.79. The highest BCUT2D eigenvalue weighted by atomic mass is 15.3. The average molecular weight is 127 g/mol. The van der Waals surface area contributed by atoms with E-state index in [4.69, 9.17) is 0 Å². The molecule has 0 aromatic rings. The number of rotatable bonds is 3. The molecule has 0 fully saturated rings. The fourth-order valence-electron chi connectivity index (χ4n) is 0.307. The summed E-state index contributed by atoms with van der Waals surface area (Å²) in [4.78, 5) is 4.00. The van der Waals surface area contributed by atoms with Gasteiger partial charge < -0.3 is 5.43 Å². The van der Waals surface area contributed by atoms with Gasteiger partial charge in [-0.3, -0.25) is 4.99 Å². The van der Waals surface area contributed by atoms with E-state index in [2.05, 4.69) is 15.8 Å². The van der Waals surface area contributed by atoms with Crippen molar-refractivity contribution < 1.29 is 0 Å². The minimum atomic E-state index is 1.05. The molecular formula is C6H13N3. The van der Waals surface area contributed by atoms with Gasteiger partial charge in [0, 0.05) is 25.2 Å². The average Bonchev–Trinajstić information content (AvgIpc) is 1.80. The molecule has 0 saturated heterocycles. The molecule has 0 bridgehead atoms. The van der Waals surface area contributed by atoms with E-state index in [1.807, 2.05) is 13.8 Å². The van der Waals surface area contributed by atoms with Crippen LogP contribution in [0.25, 0.3) is 0 Å². The van der Waals surface area contributed by atoms with Crippen LogP contribution in [0.4, 0.5) is 0 Å². The third kappa shape index (κ3) is 7.17. The molecule has 0 rings (SSSR count). The Balaban J connectivity index is 3.35. The van der Waals surface area contributed by atoms with Crippen molar-refractivity contribution >= 4 is 5.71 Å². The van der Waals surface area contributed by atoms with E-state index in [0.29, 0.717) is 0 Å². The fraction of sp³-hybridized carbons (Fsp3) is 0.500. The van der Waals surface area contributed by atoms with Crippen LogP contribution in [0.3, 0.4) is 0 Å². The molecule has 0 heterocycles. The zero-order valence-electron chi connectivity index (χ0n) is 6.10. The summed E-state index contributed by atoms with van der Waals surface area (Å²) < 4.78 is 0. The molecule has 0 aliphatic carbocycles. The van der Waals surface area contributed by atoms with Gasteiger partial charge in [-0.25, -0.2) is 5.43 Å². The Labute approximate surface area is 55.8 Å². The molecule has 0 unspecified atom stereocenters. The largest absolute Gasteiger partial charge is 0.327 e. The number of hydrogen-bond donors (Lipinski definition) is 2. The summed E-state index contributed by atoms with van der Waals surface area (Å²) in [6.07, 6.45) is 3.43. The predicted octanol–water partition coefficient (Wildman–Crippen LogP) is 0.662. The number of hydrazine groups is 1. The van der Waals surface area contributed by atoms with Gasteiger partial charge in [-0.05, 0) is 13.8 Å². The molecule has 0 atom stereocenters. The van der Waals surface area contributed by atoms with Crippen LogP contribution in [0, 0.1) is 0 Å². The molecule has 0 saturated carbocycles. The first-order valence-corrected chi connectivity index (χ1v) is 2.85. The Morgan fingerprint density at radius 3 is 2.56 bits per heavy atom. The van der Waals surface area contributed by atoms with Gasteiger partial charge in [0.15, 0.2) is 0 Å². The molecule has 0 spiro atoms. The molecule has 9 heavy (non-hydrogen) atoms. The number of nitrogens with one attached hydrogen (secondary N) is 2. The summed E-state index contributed by atoms with van der Waals surface area (Å²) in [6, 6.07) is 0. The van der Waals surface area contributed by atoms with Crippen molar-refractivity contribution in [3.8, 4) is 0 Å². The topological polar surface area (TPSA) is 36.4 Å². The standard InChI is InChI=1S/C6H13N3/c1-6(2)8-4-5-9-7-3/h4-5,7,9H,1-3H3/b5-4-. The summed E-state index contributed by atoms with van der Waals surface area (Å²) in [5, 5.41) is 0. The van der Waals surface area contributed by atoms with Crippen LogP contribution >= 0.6 is 0 Å². The van der Waals surface area contributed by atoms with Gasteiger partial charge in [-0.15, -0.1) is 0 Å². The molecule has 3 heteroatoms. The first kappa shape index (κ1) is 8.17. The van der Waals surface area contributed by atoms with E-state index in [9.17, 15) is 0 Å². The minimum absolute atomic E-state index is 1.05. The van der Waals surface area contributed by atoms with Crippen molar-refractivity contribution in [1.82, 2.24) is 10.9 Å². The normalized spacial score (nSPS) is 9.67. The lowest BCUT2D eigenvalue weighted by molar-refractivity contribution is 0.729. The predicted molar refractivity (Wildman–Crippen MR) is 40.1 cm³/mol. The molecule has 2 N–H and O–H groups in total. The van der Waals surface area contributed by atoms with Crippen molar-refractivity contribution in [2.24, 2.45) is 4.99 Å². The van der Waals surface area contributed by atoms with Crippen molar-refractivity contribution in [1.29, 1.82) is 0 Å². The highest BCUT2D eigenvalue weighted by Crippen LogP contribution is 1.74. The first-order valence-electron chi connectivity index (χ1n) is 2.85. The van der Waals surface area contributed by atoms with Gasteiger partial charge in [0.2, 0.25) is 0 Å². The van der Waals surface area contributed by atoms with E-state index in [-0.39, 0.29) is 0 Å². The number of nitrogens with zero attached hydrogens (tertiary/aromatic N) is 1. The SMILES string of the molecule is CNN/C=C\N=C(C)C. The van der Waals surface area contributed by atoms with Crippen LogP contribution < -0.4 is 10.9 Å². The molecule has 0 aromatic carbocycles. The summed E-state index contributed by atoms with van der Waals surface area (Å²) in [7, 11) is 1.80. The van der Waals surface area contributed by atoms with E-state index >= 15 is 0 Å². The number of hydrogen-bond acceptors (Lipinski definition) is 3. The first-order chi connectivity index (χ1) is 4.27. The van der Waals surface area contributed by atoms with Crippen molar-refractivity contribution in [3.05, 3.63) is 12.4 Å². The fourth-order valence-corrected chi connectivity index (χ4v) is 0.307. The Morgan fingerprint density at radius 2 is 2.11 bits per heavy atom. The zero-order valence-corrected chi connectivity index (χ0v) is 6.10. The number of aliphatic imine (C=N–C) groups is 1. The highest BCUT2D eigenvalue weighted by Gasteiger charge is 1.69. The minimum Gasteiger partial charge on any atom is -0.327 e. The van der Waals surface area contributed by atoms with Gasteiger partial charge in [0.1, 0.15) is 0 Å². The van der Waals surface area contributed by atoms with Gasteiger partial charge >= 0.3 is 0 Å². The molecule has 0 amide bonds. The lowest BCUT2D eigenvalue weighted by atomic mass is 10.5. The molecule has 52 valence electrons. The molecule has 3 nitrogen and oxygen atoms in total. The van der Waals surface area contributed by atoms with Gasteiger partial charge in [0.05, 0.1) is 0 Å². The van der Waals surface area contributed by atoms with E-state index in [1.165, 1.54) is 0 Å². The van der Waals surface area contributed by atoms with Crippen molar-refractivity contribution in [2.45, 2.75) is 13.8 Å². The third-order valence-electron chi connectivity index (χ3n) is 0.635. The lowest BCUT2D eigenvalue weighted by Gasteiger charge is -1.90. The lowest BCUT2D eigenvalue weighted by Crippen LogP contribution is -2.20. The molecule has 0 aliphatic rings. The Bertz CT molecular complexity index is 111. The van der Waals surface area contributed by atoms with Crippen molar-refractivity contribution in [2.75, 3.05) is 7.05 Å². The highest BCUT2D eigenvalue weighted by molar-refractivity contribution is 5.79. The quantitative estimate of drug-likeness (QED) is 0.431. The Kier molecular flexibility index (Phi) is 4.82. The summed E-state index contributed by atoms with van der Waals surface area (Å²) in [5.41, 5.74) is 6.55. The maximum atomic E-state index is 4.00. The summed E-state index contributed by atoms with van der Waals surface area (Å²) >= 11 is 0. The molecule has 0 aliphatic heterocycles. The van der Waals surface area contributed by atoms with Crippen LogP contribution in [-0.2, 0) is 0 Å². The van der Waals surface area contributed by atoms with Gasteiger partial charge in [-0.2, -0.15) is 0 Å². The molecule has 0 aromatic heterocycles. The van der Waals surface area contributed by atoms with Crippen molar-refractivity contribution in [3.63, 3.8) is 0 Å². The van der Waals surface area contributed by atoms with Crippen LogP contribution in [0.15, 0.2) is 17.4 Å². The van der Waals surface area contributed by atoms with Crippen LogP contribution in [0.2, 0.25) is 0 Å². The Morgan fingerprint density at radius 1 is 1.44 bits per heavy atom. The van der Waals surface area contributed by atoms with E-state index in [1.54, 1.807) is 19.4 Å². The van der Waals surface area contributed by atoms with E-state index < -0.39 is 0 Å². The van der Waals surface area contributed by atoms with Crippen LogP contribution in [-0.4, -0.2) is 12.8 Å². The smallest absolute Gasteiger partial charge is 0.0438 e.